The van der Waals surface area contributed by atoms with Crippen molar-refractivity contribution < 1.29 is 19.8 Å². The van der Waals surface area contributed by atoms with Gasteiger partial charge in [-0.05, 0) is 54.7 Å². The molecule has 0 radical (unpaired) electrons. The van der Waals surface area contributed by atoms with E-state index < -0.39 is 11.9 Å². The molecule has 21 heavy (non-hydrogen) atoms. The van der Waals surface area contributed by atoms with Gasteiger partial charge in [0.05, 0.1) is 11.1 Å². The lowest BCUT2D eigenvalue weighted by molar-refractivity contribution is 0.0685. The highest BCUT2D eigenvalue weighted by Gasteiger charge is 2.13. The Kier molecular flexibility index (Phi) is 4.08. The zero-order valence-electron chi connectivity index (χ0n) is 11.9. The molecule has 108 valence electrons. The third-order valence-electron chi connectivity index (χ3n) is 3.73. The van der Waals surface area contributed by atoms with Crippen molar-refractivity contribution >= 4 is 11.9 Å². The van der Waals surface area contributed by atoms with E-state index in [1.165, 1.54) is 0 Å². The Morgan fingerprint density at radius 2 is 1.19 bits per heavy atom. The lowest BCUT2D eigenvalue weighted by atomic mass is 9.93. The summed E-state index contributed by atoms with van der Waals surface area (Å²) in [4.78, 5) is 22.3. The quantitative estimate of drug-likeness (QED) is 0.903. The van der Waals surface area contributed by atoms with E-state index in [0.29, 0.717) is 17.5 Å². The SMILES string of the molecule is Cc1c(Cc2cccc(C(=O)O)c2C)cccc1C(=O)O. The molecule has 0 amide bonds. The fourth-order valence-corrected chi connectivity index (χ4v) is 2.42. The first-order valence-electron chi connectivity index (χ1n) is 6.55. The number of benzene rings is 2. The van der Waals surface area contributed by atoms with Crippen LogP contribution in [0.1, 0.15) is 43.0 Å². The first-order valence-corrected chi connectivity index (χ1v) is 6.55. The maximum Gasteiger partial charge on any atom is 0.335 e. The van der Waals surface area contributed by atoms with Crippen molar-refractivity contribution in [2.75, 3.05) is 0 Å². The van der Waals surface area contributed by atoms with Crippen LogP contribution in [-0.4, -0.2) is 22.2 Å². The predicted molar refractivity (Wildman–Crippen MR) is 79.1 cm³/mol. The molecule has 0 heterocycles. The van der Waals surface area contributed by atoms with Crippen LogP contribution in [0.5, 0.6) is 0 Å². The molecule has 0 aliphatic rings. The molecule has 4 nitrogen and oxygen atoms in total. The summed E-state index contributed by atoms with van der Waals surface area (Å²) < 4.78 is 0. The number of carbonyl (C=O) groups is 2. The summed E-state index contributed by atoms with van der Waals surface area (Å²) in [6.45, 7) is 3.55. The third kappa shape index (κ3) is 2.94. The molecule has 0 fully saturated rings. The molecule has 2 rings (SSSR count). The molecule has 0 atom stereocenters. The minimum atomic E-state index is -0.953. The normalized spacial score (nSPS) is 10.4. The molecule has 0 aliphatic heterocycles. The van der Waals surface area contributed by atoms with Crippen LogP contribution in [0, 0.1) is 13.8 Å². The van der Waals surface area contributed by atoms with E-state index in [4.69, 9.17) is 10.2 Å². The summed E-state index contributed by atoms with van der Waals surface area (Å²) in [6, 6.07) is 10.3. The Labute approximate surface area is 122 Å². The van der Waals surface area contributed by atoms with Crippen molar-refractivity contribution in [3.63, 3.8) is 0 Å². The Bertz CT molecular complexity index is 655. The van der Waals surface area contributed by atoms with E-state index in [9.17, 15) is 9.59 Å². The van der Waals surface area contributed by atoms with Gasteiger partial charge in [-0.2, -0.15) is 0 Å². The van der Waals surface area contributed by atoms with Crippen molar-refractivity contribution in [3.8, 4) is 0 Å². The van der Waals surface area contributed by atoms with Crippen LogP contribution in [0.3, 0.4) is 0 Å². The van der Waals surface area contributed by atoms with Gasteiger partial charge in [0.2, 0.25) is 0 Å². The summed E-state index contributed by atoms with van der Waals surface area (Å²) in [7, 11) is 0. The fourth-order valence-electron chi connectivity index (χ4n) is 2.42. The van der Waals surface area contributed by atoms with E-state index in [1.807, 2.05) is 12.1 Å². The van der Waals surface area contributed by atoms with E-state index >= 15 is 0 Å². The number of carboxylic acids is 2. The number of aromatic carboxylic acids is 2. The highest BCUT2D eigenvalue weighted by molar-refractivity contribution is 5.90. The zero-order chi connectivity index (χ0) is 15.6. The number of hydrogen-bond donors (Lipinski definition) is 2. The second-order valence-corrected chi connectivity index (χ2v) is 4.97. The van der Waals surface area contributed by atoms with Gasteiger partial charge in [0.1, 0.15) is 0 Å². The van der Waals surface area contributed by atoms with Gasteiger partial charge in [0.25, 0.3) is 0 Å². The molecule has 0 saturated carbocycles. The standard InChI is InChI=1S/C17H16O4/c1-10-12(5-3-7-14(10)16(18)19)9-13-6-4-8-15(11(13)2)17(20)21/h3-8H,9H2,1-2H3,(H,18,19)(H,20,21). The number of hydrogen-bond acceptors (Lipinski definition) is 2. The Balaban J connectivity index is 2.44. The van der Waals surface area contributed by atoms with Crippen molar-refractivity contribution in [1.82, 2.24) is 0 Å². The molecule has 0 bridgehead atoms. The largest absolute Gasteiger partial charge is 0.478 e. The number of rotatable bonds is 4. The van der Waals surface area contributed by atoms with Gasteiger partial charge in [-0.1, -0.05) is 24.3 Å². The maximum absolute atomic E-state index is 11.2. The minimum absolute atomic E-state index is 0.277. The molecule has 0 spiro atoms. The molecule has 2 N–H and O–H groups in total. The van der Waals surface area contributed by atoms with Gasteiger partial charge in [-0.25, -0.2) is 9.59 Å². The molecule has 2 aromatic carbocycles. The van der Waals surface area contributed by atoms with Crippen LogP contribution in [-0.2, 0) is 6.42 Å². The van der Waals surface area contributed by atoms with Gasteiger partial charge in [-0.15, -0.1) is 0 Å². The monoisotopic (exact) mass is 284 g/mol. The summed E-state index contributed by atoms with van der Waals surface area (Å²) in [6.07, 6.45) is 0.514. The fraction of sp³-hybridized carbons (Fsp3) is 0.176. The van der Waals surface area contributed by atoms with Crippen LogP contribution in [0.25, 0.3) is 0 Å². The number of carboxylic acid groups (broad SMARTS) is 2. The lowest BCUT2D eigenvalue weighted by Gasteiger charge is -2.12. The first-order chi connectivity index (χ1) is 9.91. The van der Waals surface area contributed by atoms with E-state index in [1.54, 1.807) is 38.1 Å². The highest BCUT2D eigenvalue weighted by atomic mass is 16.4. The van der Waals surface area contributed by atoms with Gasteiger partial charge < -0.3 is 10.2 Å². The summed E-state index contributed by atoms with van der Waals surface area (Å²) in [5.41, 5.74) is 3.76. The topological polar surface area (TPSA) is 74.6 Å². The van der Waals surface area contributed by atoms with Gasteiger partial charge in [-0.3, -0.25) is 0 Å². The summed E-state index contributed by atoms with van der Waals surface area (Å²) >= 11 is 0. The third-order valence-corrected chi connectivity index (χ3v) is 3.73. The van der Waals surface area contributed by atoms with E-state index in [-0.39, 0.29) is 11.1 Å². The maximum atomic E-state index is 11.2. The molecule has 0 unspecified atom stereocenters. The van der Waals surface area contributed by atoms with Crippen molar-refractivity contribution in [2.45, 2.75) is 20.3 Å². The van der Waals surface area contributed by atoms with E-state index in [2.05, 4.69) is 0 Å². The summed E-state index contributed by atoms with van der Waals surface area (Å²) in [5, 5.41) is 18.3. The molecule has 4 heteroatoms. The molecule has 0 saturated heterocycles. The zero-order valence-corrected chi connectivity index (χ0v) is 11.9. The van der Waals surface area contributed by atoms with Crippen LogP contribution in [0.2, 0.25) is 0 Å². The van der Waals surface area contributed by atoms with Crippen molar-refractivity contribution in [1.29, 1.82) is 0 Å². The molecule has 0 aromatic heterocycles. The van der Waals surface area contributed by atoms with Crippen LogP contribution in [0.15, 0.2) is 36.4 Å². The van der Waals surface area contributed by atoms with Gasteiger partial charge >= 0.3 is 11.9 Å². The predicted octanol–water partition coefficient (Wildman–Crippen LogP) is 3.29. The second kappa shape index (κ2) is 5.79. The second-order valence-electron chi connectivity index (χ2n) is 4.97. The average molecular weight is 284 g/mol. The van der Waals surface area contributed by atoms with Gasteiger partial charge in [0, 0.05) is 0 Å². The molecule has 0 aliphatic carbocycles. The van der Waals surface area contributed by atoms with E-state index in [0.717, 1.165) is 11.1 Å². The van der Waals surface area contributed by atoms with Crippen LogP contribution >= 0.6 is 0 Å². The van der Waals surface area contributed by atoms with Crippen LogP contribution in [0.4, 0.5) is 0 Å². The van der Waals surface area contributed by atoms with Crippen LogP contribution < -0.4 is 0 Å². The smallest absolute Gasteiger partial charge is 0.335 e. The average Bonchev–Trinajstić information content (AvgIpc) is 2.42. The van der Waals surface area contributed by atoms with Gasteiger partial charge in [0.15, 0.2) is 0 Å². The Hall–Kier alpha value is -2.62. The highest BCUT2D eigenvalue weighted by Crippen LogP contribution is 2.21. The lowest BCUT2D eigenvalue weighted by Crippen LogP contribution is -2.06. The molecular weight excluding hydrogens is 268 g/mol. The minimum Gasteiger partial charge on any atom is -0.478 e. The molecule has 2 aromatic rings. The first kappa shape index (κ1) is 14.8. The Morgan fingerprint density at radius 1 is 0.810 bits per heavy atom. The summed E-state index contributed by atoms with van der Waals surface area (Å²) in [5.74, 6) is -1.91. The van der Waals surface area contributed by atoms with Crippen molar-refractivity contribution in [3.05, 3.63) is 69.8 Å². The Morgan fingerprint density at radius 3 is 1.52 bits per heavy atom. The molecular formula is C17H16O4. The van der Waals surface area contributed by atoms with Crippen molar-refractivity contribution in [2.24, 2.45) is 0 Å².